The van der Waals surface area contributed by atoms with E-state index >= 15 is 0 Å². The van der Waals surface area contributed by atoms with Crippen molar-refractivity contribution in [2.45, 2.75) is 20.3 Å². The molecule has 86 valence electrons. The van der Waals surface area contributed by atoms with Gasteiger partial charge in [-0.05, 0) is 5.92 Å². The van der Waals surface area contributed by atoms with Crippen LogP contribution in [0.3, 0.4) is 0 Å². The molecule has 0 bridgehead atoms. The molecule has 16 heavy (non-hydrogen) atoms. The largest absolute Gasteiger partial charge is 0.384 e. The van der Waals surface area contributed by atoms with Crippen LogP contribution in [0.15, 0.2) is 12.4 Å². The normalized spacial score (nSPS) is 10.1. The van der Waals surface area contributed by atoms with Gasteiger partial charge >= 0.3 is 0 Å². The van der Waals surface area contributed by atoms with E-state index in [0.717, 1.165) is 12.4 Å². The van der Waals surface area contributed by atoms with Crippen molar-refractivity contribution in [3.8, 4) is 6.07 Å². The molecule has 1 aromatic rings. The summed E-state index contributed by atoms with van der Waals surface area (Å²) in [6, 6.07) is 3.88. The number of aromatic nitrogens is 2. The van der Waals surface area contributed by atoms with Gasteiger partial charge in [0.2, 0.25) is 0 Å². The minimum absolute atomic E-state index is 0.454. The predicted molar refractivity (Wildman–Crippen MR) is 63.7 cm³/mol. The number of hydrogen-bond acceptors (Lipinski definition) is 5. The number of nitrogens with zero attached hydrogens (tertiary/aromatic N) is 4. The Balaban J connectivity index is 2.79. The van der Waals surface area contributed by atoms with E-state index in [0.29, 0.717) is 24.7 Å². The average Bonchev–Trinajstić information content (AvgIpc) is 2.23. The summed E-state index contributed by atoms with van der Waals surface area (Å²) in [7, 11) is 0. The Morgan fingerprint density at radius 1 is 1.50 bits per heavy atom. The Bertz CT molecular complexity index is 369. The second-order valence-corrected chi connectivity index (χ2v) is 4.05. The van der Waals surface area contributed by atoms with Crippen LogP contribution in [-0.2, 0) is 0 Å². The lowest BCUT2D eigenvalue weighted by atomic mass is 10.2. The molecule has 0 fully saturated rings. The number of nitrogens with two attached hydrogens (primary N) is 1. The lowest BCUT2D eigenvalue weighted by Crippen LogP contribution is -2.29. The summed E-state index contributed by atoms with van der Waals surface area (Å²) >= 11 is 0. The van der Waals surface area contributed by atoms with Crippen molar-refractivity contribution < 1.29 is 0 Å². The number of hydrogen-bond donors (Lipinski definition) is 1. The molecule has 1 aromatic heterocycles. The summed E-state index contributed by atoms with van der Waals surface area (Å²) in [6.45, 7) is 5.79. The zero-order valence-corrected chi connectivity index (χ0v) is 9.72. The van der Waals surface area contributed by atoms with Crippen molar-refractivity contribution in [3.05, 3.63) is 12.4 Å². The summed E-state index contributed by atoms with van der Waals surface area (Å²) < 4.78 is 0. The van der Waals surface area contributed by atoms with Crippen LogP contribution in [0.1, 0.15) is 20.3 Å². The fraction of sp³-hybridized carbons (Fsp3) is 0.545. The third kappa shape index (κ3) is 3.73. The van der Waals surface area contributed by atoms with Crippen molar-refractivity contribution in [2.24, 2.45) is 5.92 Å². The summed E-state index contributed by atoms with van der Waals surface area (Å²) in [6.07, 6.45) is 1.93. The molecule has 0 saturated carbocycles. The fourth-order valence-corrected chi connectivity index (χ4v) is 1.46. The van der Waals surface area contributed by atoms with E-state index < -0.39 is 0 Å². The van der Waals surface area contributed by atoms with Gasteiger partial charge in [0.15, 0.2) is 0 Å². The Hall–Kier alpha value is -1.83. The van der Waals surface area contributed by atoms with E-state index in [4.69, 9.17) is 11.0 Å². The highest BCUT2D eigenvalue weighted by atomic mass is 15.2. The monoisotopic (exact) mass is 219 g/mol. The Morgan fingerprint density at radius 2 is 2.25 bits per heavy atom. The molecule has 1 rings (SSSR count). The first-order valence-corrected chi connectivity index (χ1v) is 5.33. The SMILES string of the molecule is CC(C)CN(CCC#N)c1cc(N)ncn1. The average molecular weight is 219 g/mol. The van der Waals surface area contributed by atoms with Gasteiger partial charge in [-0.3, -0.25) is 0 Å². The van der Waals surface area contributed by atoms with E-state index in [1.165, 1.54) is 6.33 Å². The highest BCUT2D eigenvalue weighted by molar-refractivity contribution is 5.45. The van der Waals surface area contributed by atoms with E-state index in [1.54, 1.807) is 6.07 Å². The van der Waals surface area contributed by atoms with Crippen LogP contribution in [0, 0.1) is 17.2 Å². The molecular weight excluding hydrogens is 202 g/mol. The van der Waals surface area contributed by atoms with Crippen LogP contribution in [-0.4, -0.2) is 23.1 Å². The van der Waals surface area contributed by atoms with E-state index in [1.807, 2.05) is 0 Å². The van der Waals surface area contributed by atoms with Gasteiger partial charge in [0.05, 0.1) is 12.5 Å². The van der Waals surface area contributed by atoms with Gasteiger partial charge in [-0.2, -0.15) is 5.26 Å². The van der Waals surface area contributed by atoms with Crippen LogP contribution in [0.2, 0.25) is 0 Å². The Morgan fingerprint density at radius 3 is 2.81 bits per heavy atom. The summed E-state index contributed by atoms with van der Waals surface area (Å²) in [5.41, 5.74) is 5.61. The topological polar surface area (TPSA) is 78.8 Å². The molecular formula is C11H17N5. The predicted octanol–water partition coefficient (Wildman–Crippen LogP) is 1.43. The highest BCUT2D eigenvalue weighted by Gasteiger charge is 2.09. The smallest absolute Gasteiger partial charge is 0.134 e. The molecule has 0 radical (unpaired) electrons. The first-order valence-electron chi connectivity index (χ1n) is 5.33. The Labute approximate surface area is 95.9 Å². The van der Waals surface area contributed by atoms with Crippen molar-refractivity contribution in [3.63, 3.8) is 0 Å². The molecule has 0 saturated heterocycles. The molecule has 2 N–H and O–H groups in total. The first-order chi connectivity index (χ1) is 7.63. The maximum Gasteiger partial charge on any atom is 0.134 e. The second-order valence-electron chi connectivity index (χ2n) is 4.05. The van der Waals surface area contributed by atoms with Crippen LogP contribution in [0.4, 0.5) is 11.6 Å². The summed E-state index contributed by atoms with van der Waals surface area (Å²) in [5.74, 6) is 1.75. The molecule has 0 amide bonds. The first kappa shape index (κ1) is 12.2. The quantitative estimate of drug-likeness (QED) is 0.810. The van der Waals surface area contributed by atoms with E-state index in [9.17, 15) is 0 Å². The van der Waals surface area contributed by atoms with Crippen molar-refractivity contribution in [2.75, 3.05) is 23.7 Å². The Kier molecular flexibility index (Phi) is 4.52. The standard InChI is InChI=1S/C11H17N5/c1-9(2)7-16(5-3-4-12)11-6-10(13)14-8-15-11/h6,8-9H,3,5,7H2,1-2H3,(H2,13,14,15). The van der Waals surface area contributed by atoms with E-state index in [-0.39, 0.29) is 0 Å². The molecule has 0 atom stereocenters. The van der Waals surface area contributed by atoms with Gasteiger partial charge in [0.1, 0.15) is 18.0 Å². The number of nitriles is 1. The summed E-state index contributed by atoms with van der Waals surface area (Å²) in [4.78, 5) is 10.1. The van der Waals surface area contributed by atoms with Gasteiger partial charge in [-0.25, -0.2) is 9.97 Å². The van der Waals surface area contributed by atoms with Crippen LogP contribution in [0.5, 0.6) is 0 Å². The number of rotatable bonds is 5. The van der Waals surface area contributed by atoms with Crippen molar-refractivity contribution in [1.82, 2.24) is 9.97 Å². The molecule has 0 aromatic carbocycles. The molecule has 0 aliphatic carbocycles. The number of nitrogen functional groups attached to an aromatic ring is 1. The third-order valence-electron chi connectivity index (χ3n) is 2.08. The zero-order valence-electron chi connectivity index (χ0n) is 9.72. The molecule has 5 heteroatoms. The van der Waals surface area contributed by atoms with Crippen LogP contribution in [0.25, 0.3) is 0 Å². The maximum atomic E-state index is 8.62. The van der Waals surface area contributed by atoms with Gasteiger partial charge in [-0.15, -0.1) is 0 Å². The van der Waals surface area contributed by atoms with Gasteiger partial charge in [0, 0.05) is 19.2 Å². The number of anilines is 2. The second kappa shape index (κ2) is 5.91. The highest BCUT2D eigenvalue weighted by Crippen LogP contribution is 2.14. The molecule has 0 unspecified atom stereocenters. The summed E-state index contributed by atoms with van der Waals surface area (Å²) in [5, 5.41) is 8.62. The molecule has 0 aliphatic rings. The van der Waals surface area contributed by atoms with Gasteiger partial charge < -0.3 is 10.6 Å². The third-order valence-corrected chi connectivity index (χ3v) is 2.08. The lowest BCUT2D eigenvalue weighted by molar-refractivity contribution is 0.607. The minimum Gasteiger partial charge on any atom is -0.384 e. The van der Waals surface area contributed by atoms with Gasteiger partial charge in [-0.1, -0.05) is 13.8 Å². The van der Waals surface area contributed by atoms with Crippen molar-refractivity contribution in [1.29, 1.82) is 5.26 Å². The molecule has 0 spiro atoms. The van der Waals surface area contributed by atoms with Crippen LogP contribution >= 0.6 is 0 Å². The fourth-order valence-electron chi connectivity index (χ4n) is 1.46. The molecule has 5 nitrogen and oxygen atoms in total. The van der Waals surface area contributed by atoms with E-state index in [2.05, 4.69) is 34.8 Å². The lowest BCUT2D eigenvalue weighted by Gasteiger charge is -2.24. The maximum absolute atomic E-state index is 8.62. The van der Waals surface area contributed by atoms with Crippen molar-refractivity contribution >= 4 is 11.6 Å². The molecule has 0 aliphatic heterocycles. The minimum atomic E-state index is 0.454. The molecule has 1 heterocycles. The van der Waals surface area contributed by atoms with Gasteiger partial charge in [0.25, 0.3) is 0 Å². The zero-order chi connectivity index (χ0) is 12.0. The van der Waals surface area contributed by atoms with Crippen LogP contribution < -0.4 is 10.6 Å².